The van der Waals surface area contributed by atoms with E-state index in [-0.39, 0.29) is 11.9 Å². The summed E-state index contributed by atoms with van der Waals surface area (Å²) >= 11 is 0. The van der Waals surface area contributed by atoms with Crippen LogP contribution in [0.2, 0.25) is 0 Å². The highest BCUT2D eigenvalue weighted by Gasteiger charge is 2.19. The first-order valence-corrected chi connectivity index (χ1v) is 10.8. The fourth-order valence-electron chi connectivity index (χ4n) is 3.93. The third kappa shape index (κ3) is 4.66. The Morgan fingerprint density at radius 2 is 1.65 bits per heavy atom. The summed E-state index contributed by atoms with van der Waals surface area (Å²) in [6, 6.07) is 20.7. The normalized spacial score (nSPS) is 12.1. The van der Waals surface area contributed by atoms with Crippen molar-refractivity contribution >= 4 is 11.6 Å². The summed E-state index contributed by atoms with van der Waals surface area (Å²) < 4.78 is 1.79. The minimum atomic E-state index is -0.127. The molecule has 2 aromatic carbocycles. The first kappa shape index (κ1) is 20.8. The maximum Gasteiger partial charge on any atom is 0.256 e. The van der Waals surface area contributed by atoms with Gasteiger partial charge in [-0.05, 0) is 50.3 Å². The van der Waals surface area contributed by atoms with E-state index in [1.54, 1.807) is 10.7 Å². The van der Waals surface area contributed by atoms with E-state index in [9.17, 15) is 4.79 Å². The van der Waals surface area contributed by atoms with Gasteiger partial charge in [-0.3, -0.25) is 4.79 Å². The number of carbonyl (C=O) groups excluding carboxylic acids is 1. The molecule has 0 saturated carbocycles. The van der Waals surface area contributed by atoms with Gasteiger partial charge in [0.1, 0.15) is 5.56 Å². The van der Waals surface area contributed by atoms with Crippen LogP contribution in [0, 0.1) is 13.8 Å². The molecule has 2 aromatic heterocycles. The molecule has 0 unspecified atom stereocenters. The fourth-order valence-corrected chi connectivity index (χ4v) is 3.93. The van der Waals surface area contributed by atoms with Crippen LogP contribution in [0.4, 0.5) is 0 Å². The summed E-state index contributed by atoms with van der Waals surface area (Å²) in [6.07, 6.45) is 4.22. The predicted molar refractivity (Wildman–Crippen MR) is 123 cm³/mol. The van der Waals surface area contributed by atoms with Gasteiger partial charge >= 0.3 is 0 Å². The standard InChI is InChI=1S/C26H28N4O/c1-18(14-15-21-10-6-4-7-11-21)28-26(31)24-17-27-30-20(3)23(19(2)29-25(24)30)16-22-12-8-5-9-13-22/h4-13,17-18H,14-16H2,1-3H3,(H,28,31)/t18-/m1/s1. The minimum absolute atomic E-state index is 0.0576. The third-order valence-electron chi connectivity index (χ3n) is 5.76. The van der Waals surface area contributed by atoms with Crippen LogP contribution < -0.4 is 5.32 Å². The number of fused-ring (bicyclic) bond motifs is 1. The predicted octanol–water partition coefficient (Wildman–Crippen LogP) is 4.69. The average Bonchev–Trinajstić information content (AvgIpc) is 3.20. The summed E-state index contributed by atoms with van der Waals surface area (Å²) in [4.78, 5) is 17.7. The van der Waals surface area contributed by atoms with E-state index < -0.39 is 0 Å². The van der Waals surface area contributed by atoms with Crippen LogP contribution in [0.15, 0.2) is 66.9 Å². The summed E-state index contributed by atoms with van der Waals surface area (Å²) in [7, 11) is 0. The number of rotatable bonds is 7. The Kier molecular flexibility index (Phi) is 6.12. The number of carbonyl (C=O) groups is 1. The van der Waals surface area contributed by atoms with Crippen molar-refractivity contribution in [2.45, 2.75) is 46.1 Å². The highest BCUT2D eigenvalue weighted by molar-refractivity contribution is 5.99. The van der Waals surface area contributed by atoms with Crippen LogP contribution in [0.3, 0.4) is 0 Å². The van der Waals surface area contributed by atoms with Gasteiger partial charge in [-0.25, -0.2) is 9.50 Å². The van der Waals surface area contributed by atoms with E-state index in [2.05, 4.69) is 34.7 Å². The molecule has 1 amide bonds. The Labute approximate surface area is 183 Å². The second kappa shape index (κ2) is 9.13. The zero-order valence-corrected chi connectivity index (χ0v) is 18.3. The molecule has 1 atom stereocenters. The topological polar surface area (TPSA) is 59.3 Å². The third-order valence-corrected chi connectivity index (χ3v) is 5.76. The van der Waals surface area contributed by atoms with Gasteiger partial charge in [-0.2, -0.15) is 5.10 Å². The molecule has 0 bridgehead atoms. The lowest BCUT2D eigenvalue weighted by Gasteiger charge is -2.14. The molecule has 158 valence electrons. The first-order chi connectivity index (χ1) is 15.0. The van der Waals surface area contributed by atoms with Crippen LogP contribution in [0.5, 0.6) is 0 Å². The fraction of sp³-hybridized carbons (Fsp3) is 0.269. The Balaban J connectivity index is 1.51. The number of aryl methyl sites for hydroxylation is 3. The van der Waals surface area contributed by atoms with Gasteiger partial charge in [0.2, 0.25) is 0 Å². The van der Waals surface area contributed by atoms with E-state index in [4.69, 9.17) is 4.98 Å². The molecule has 1 N–H and O–H groups in total. The molecule has 0 aliphatic carbocycles. The van der Waals surface area contributed by atoms with E-state index >= 15 is 0 Å². The van der Waals surface area contributed by atoms with Crippen molar-refractivity contribution < 1.29 is 4.79 Å². The van der Waals surface area contributed by atoms with Crippen molar-refractivity contribution in [1.29, 1.82) is 0 Å². The number of nitrogens with one attached hydrogen (secondary N) is 1. The number of aromatic nitrogens is 3. The second-order valence-corrected chi connectivity index (χ2v) is 8.12. The molecule has 0 spiro atoms. The Bertz CT molecular complexity index is 1180. The van der Waals surface area contributed by atoms with Crippen molar-refractivity contribution in [3.63, 3.8) is 0 Å². The summed E-state index contributed by atoms with van der Waals surface area (Å²) in [5.41, 5.74) is 6.72. The molecule has 2 heterocycles. The zero-order chi connectivity index (χ0) is 21.8. The van der Waals surface area contributed by atoms with Crippen molar-refractivity contribution in [2.24, 2.45) is 0 Å². The largest absolute Gasteiger partial charge is 0.349 e. The molecular formula is C26H28N4O. The highest BCUT2D eigenvalue weighted by Crippen LogP contribution is 2.20. The van der Waals surface area contributed by atoms with Crippen molar-refractivity contribution in [1.82, 2.24) is 19.9 Å². The molecule has 31 heavy (non-hydrogen) atoms. The number of hydrogen-bond acceptors (Lipinski definition) is 3. The molecule has 5 nitrogen and oxygen atoms in total. The van der Waals surface area contributed by atoms with Crippen LogP contribution in [-0.4, -0.2) is 26.5 Å². The monoisotopic (exact) mass is 412 g/mol. The lowest BCUT2D eigenvalue weighted by Crippen LogP contribution is -2.33. The molecule has 0 aliphatic heterocycles. The first-order valence-electron chi connectivity index (χ1n) is 10.8. The minimum Gasteiger partial charge on any atom is -0.349 e. The molecular weight excluding hydrogens is 384 g/mol. The van der Waals surface area contributed by atoms with Gasteiger partial charge in [0.25, 0.3) is 5.91 Å². The number of amides is 1. The van der Waals surface area contributed by atoms with E-state index in [0.29, 0.717) is 11.2 Å². The quantitative estimate of drug-likeness (QED) is 0.479. The van der Waals surface area contributed by atoms with Crippen molar-refractivity contribution in [3.05, 3.63) is 101 Å². The molecule has 0 radical (unpaired) electrons. The Morgan fingerprint density at radius 3 is 2.32 bits per heavy atom. The van der Waals surface area contributed by atoms with Gasteiger partial charge in [0.05, 0.1) is 6.20 Å². The number of nitrogens with zero attached hydrogens (tertiary/aromatic N) is 3. The van der Waals surface area contributed by atoms with Gasteiger partial charge in [-0.1, -0.05) is 60.7 Å². The maximum atomic E-state index is 12.9. The second-order valence-electron chi connectivity index (χ2n) is 8.12. The number of hydrogen-bond donors (Lipinski definition) is 1. The van der Waals surface area contributed by atoms with Crippen molar-refractivity contribution in [2.75, 3.05) is 0 Å². The summed E-state index contributed by atoms with van der Waals surface area (Å²) in [5, 5.41) is 7.58. The molecule has 0 aliphatic rings. The molecule has 5 heteroatoms. The lowest BCUT2D eigenvalue weighted by atomic mass is 10.0. The van der Waals surface area contributed by atoms with Gasteiger partial charge in [-0.15, -0.1) is 0 Å². The van der Waals surface area contributed by atoms with E-state index in [0.717, 1.165) is 36.2 Å². The molecule has 0 fully saturated rings. The Hall–Kier alpha value is -3.47. The molecule has 4 aromatic rings. The van der Waals surface area contributed by atoms with Crippen molar-refractivity contribution in [3.8, 4) is 0 Å². The van der Waals surface area contributed by atoms with Crippen LogP contribution in [-0.2, 0) is 12.8 Å². The van der Waals surface area contributed by atoms with Crippen LogP contribution >= 0.6 is 0 Å². The smallest absolute Gasteiger partial charge is 0.256 e. The van der Waals surface area contributed by atoms with E-state index in [1.807, 2.05) is 57.2 Å². The zero-order valence-electron chi connectivity index (χ0n) is 18.3. The lowest BCUT2D eigenvalue weighted by molar-refractivity contribution is 0.0940. The van der Waals surface area contributed by atoms with Gasteiger partial charge < -0.3 is 5.32 Å². The highest BCUT2D eigenvalue weighted by atomic mass is 16.1. The van der Waals surface area contributed by atoms with E-state index in [1.165, 1.54) is 11.1 Å². The molecule has 4 rings (SSSR count). The van der Waals surface area contributed by atoms with Crippen LogP contribution in [0.1, 0.15) is 51.8 Å². The summed E-state index contributed by atoms with van der Waals surface area (Å²) in [5.74, 6) is -0.127. The molecule has 0 saturated heterocycles. The average molecular weight is 413 g/mol. The number of benzene rings is 2. The Morgan fingerprint density at radius 1 is 1.00 bits per heavy atom. The van der Waals surface area contributed by atoms with Gasteiger partial charge in [0.15, 0.2) is 5.65 Å². The summed E-state index contributed by atoms with van der Waals surface area (Å²) in [6.45, 7) is 6.08. The maximum absolute atomic E-state index is 12.9. The van der Waals surface area contributed by atoms with Crippen LogP contribution in [0.25, 0.3) is 5.65 Å². The SMILES string of the molecule is Cc1nc2c(C(=O)N[C@H](C)CCc3ccccc3)cnn2c(C)c1Cc1ccccc1. The van der Waals surface area contributed by atoms with Gasteiger partial charge in [0, 0.05) is 23.9 Å².